The Bertz CT molecular complexity index is 355. The molecule has 5 nitrogen and oxygen atoms in total. The van der Waals surface area contributed by atoms with Crippen LogP contribution in [0.15, 0.2) is 30.3 Å². The summed E-state index contributed by atoms with van der Waals surface area (Å²) in [6.07, 6.45) is -5.28. The van der Waals surface area contributed by atoms with Crippen LogP contribution in [0.2, 0.25) is 0 Å². The van der Waals surface area contributed by atoms with Crippen molar-refractivity contribution in [2.75, 3.05) is 7.11 Å². The van der Waals surface area contributed by atoms with Crippen LogP contribution in [0.1, 0.15) is 11.7 Å². The fraction of sp³-hybridized carbons (Fsp3) is 0.500. The SMILES string of the molecule is CO[C@@H]1[C@@H](O)[C@@H](O)C(O)O[C@@H]1c1ccccc1. The maximum Gasteiger partial charge on any atom is 0.184 e. The normalized spacial score (nSPS) is 38.0. The van der Waals surface area contributed by atoms with Gasteiger partial charge >= 0.3 is 0 Å². The number of ether oxygens (including phenoxy) is 2. The Kier molecular flexibility index (Phi) is 3.76. The zero-order chi connectivity index (χ0) is 12.4. The minimum atomic E-state index is -1.42. The lowest BCUT2D eigenvalue weighted by atomic mass is 9.94. The molecule has 3 N–H and O–H groups in total. The average molecular weight is 240 g/mol. The lowest BCUT2D eigenvalue weighted by molar-refractivity contribution is -0.288. The third-order valence-electron chi connectivity index (χ3n) is 2.96. The molecule has 1 aromatic rings. The smallest absolute Gasteiger partial charge is 0.184 e. The highest BCUT2D eigenvalue weighted by molar-refractivity contribution is 5.20. The molecule has 1 aliphatic heterocycles. The molecule has 17 heavy (non-hydrogen) atoms. The molecule has 5 heteroatoms. The number of benzene rings is 1. The van der Waals surface area contributed by atoms with E-state index < -0.39 is 30.7 Å². The Labute approximate surface area is 99.2 Å². The molecule has 0 saturated carbocycles. The van der Waals surface area contributed by atoms with Gasteiger partial charge < -0.3 is 24.8 Å². The van der Waals surface area contributed by atoms with Gasteiger partial charge in [0.1, 0.15) is 24.4 Å². The minimum Gasteiger partial charge on any atom is -0.387 e. The van der Waals surface area contributed by atoms with Gasteiger partial charge in [-0.1, -0.05) is 30.3 Å². The number of aliphatic hydroxyl groups excluding tert-OH is 3. The predicted molar refractivity (Wildman–Crippen MR) is 59.1 cm³/mol. The molecule has 1 aromatic carbocycles. The van der Waals surface area contributed by atoms with E-state index in [2.05, 4.69) is 0 Å². The van der Waals surface area contributed by atoms with Gasteiger partial charge in [0.05, 0.1) is 0 Å². The van der Waals surface area contributed by atoms with Crippen molar-refractivity contribution < 1.29 is 24.8 Å². The first-order valence-corrected chi connectivity index (χ1v) is 5.42. The van der Waals surface area contributed by atoms with E-state index in [0.717, 1.165) is 5.56 Å². The molecule has 0 spiro atoms. The molecule has 0 aliphatic carbocycles. The number of hydrogen-bond donors (Lipinski definition) is 3. The summed E-state index contributed by atoms with van der Waals surface area (Å²) >= 11 is 0. The van der Waals surface area contributed by atoms with Crippen LogP contribution >= 0.6 is 0 Å². The van der Waals surface area contributed by atoms with E-state index in [9.17, 15) is 15.3 Å². The summed E-state index contributed by atoms with van der Waals surface area (Å²) in [6, 6.07) is 9.14. The Balaban J connectivity index is 2.26. The Morgan fingerprint density at radius 2 is 1.71 bits per heavy atom. The fourth-order valence-electron chi connectivity index (χ4n) is 2.02. The molecule has 0 bridgehead atoms. The van der Waals surface area contributed by atoms with Crippen LogP contribution in [0.5, 0.6) is 0 Å². The standard InChI is InChI=1S/C12H16O5/c1-16-11-8(13)9(14)12(15)17-10(11)7-5-3-2-4-6-7/h2-6,8-15H,1H3/t8-,9+,10+,11+,12?/m0/s1. The molecule has 94 valence electrons. The van der Waals surface area contributed by atoms with Gasteiger partial charge in [0.2, 0.25) is 0 Å². The molecule has 5 atom stereocenters. The second-order valence-corrected chi connectivity index (χ2v) is 4.04. The van der Waals surface area contributed by atoms with Gasteiger partial charge in [-0.05, 0) is 5.56 Å². The van der Waals surface area contributed by atoms with Crippen molar-refractivity contribution >= 4 is 0 Å². The summed E-state index contributed by atoms with van der Waals surface area (Å²) in [5.74, 6) is 0. The van der Waals surface area contributed by atoms with Crippen LogP contribution in [0, 0.1) is 0 Å². The molecule has 2 rings (SSSR count). The van der Waals surface area contributed by atoms with Crippen molar-refractivity contribution in [3.8, 4) is 0 Å². The van der Waals surface area contributed by atoms with Gasteiger partial charge in [-0.3, -0.25) is 0 Å². The zero-order valence-corrected chi connectivity index (χ0v) is 9.43. The molecule has 1 saturated heterocycles. The lowest BCUT2D eigenvalue weighted by Gasteiger charge is -2.40. The average Bonchev–Trinajstić information content (AvgIpc) is 2.36. The van der Waals surface area contributed by atoms with Crippen molar-refractivity contribution in [3.63, 3.8) is 0 Å². The monoisotopic (exact) mass is 240 g/mol. The quantitative estimate of drug-likeness (QED) is 0.668. The van der Waals surface area contributed by atoms with Crippen LogP contribution < -0.4 is 0 Å². The van der Waals surface area contributed by atoms with Crippen LogP contribution in [0.4, 0.5) is 0 Å². The molecule has 1 fully saturated rings. The van der Waals surface area contributed by atoms with E-state index in [-0.39, 0.29) is 0 Å². The van der Waals surface area contributed by atoms with Gasteiger partial charge in [0, 0.05) is 7.11 Å². The van der Waals surface area contributed by atoms with Gasteiger partial charge in [-0.2, -0.15) is 0 Å². The van der Waals surface area contributed by atoms with Gasteiger partial charge in [-0.15, -0.1) is 0 Å². The second kappa shape index (κ2) is 5.12. The molecule has 0 aromatic heterocycles. The number of aliphatic hydroxyl groups is 3. The maximum absolute atomic E-state index is 9.82. The van der Waals surface area contributed by atoms with E-state index in [1.54, 1.807) is 0 Å². The first-order chi connectivity index (χ1) is 8.15. The molecule has 1 unspecified atom stereocenters. The number of methoxy groups -OCH3 is 1. The number of hydrogen-bond acceptors (Lipinski definition) is 5. The van der Waals surface area contributed by atoms with Gasteiger partial charge in [0.15, 0.2) is 6.29 Å². The third-order valence-corrected chi connectivity index (χ3v) is 2.96. The highest BCUT2D eigenvalue weighted by Gasteiger charge is 2.44. The van der Waals surface area contributed by atoms with Crippen molar-refractivity contribution in [2.45, 2.75) is 30.7 Å². The van der Waals surface area contributed by atoms with Crippen molar-refractivity contribution in [3.05, 3.63) is 35.9 Å². The van der Waals surface area contributed by atoms with Crippen molar-refractivity contribution in [2.24, 2.45) is 0 Å². The summed E-state index contributed by atoms with van der Waals surface area (Å²) in [6.45, 7) is 0. The largest absolute Gasteiger partial charge is 0.387 e. The first-order valence-electron chi connectivity index (χ1n) is 5.42. The van der Waals surface area contributed by atoms with Crippen molar-refractivity contribution in [1.82, 2.24) is 0 Å². The molecular formula is C12H16O5. The molecule has 1 aliphatic rings. The molecule has 0 amide bonds. The summed E-state index contributed by atoms with van der Waals surface area (Å²) in [7, 11) is 1.43. The maximum atomic E-state index is 9.82. The van der Waals surface area contributed by atoms with Gasteiger partial charge in [-0.25, -0.2) is 0 Å². The van der Waals surface area contributed by atoms with Crippen LogP contribution in [-0.2, 0) is 9.47 Å². The Hall–Kier alpha value is -0.980. The second-order valence-electron chi connectivity index (χ2n) is 4.04. The zero-order valence-electron chi connectivity index (χ0n) is 9.43. The highest BCUT2D eigenvalue weighted by atomic mass is 16.6. The summed E-state index contributed by atoms with van der Waals surface area (Å²) in [5, 5.41) is 28.8. The van der Waals surface area contributed by atoms with E-state index in [0.29, 0.717) is 0 Å². The highest BCUT2D eigenvalue weighted by Crippen LogP contribution is 2.32. The first kappa shape index (κ1) is 12.5. The van der Waals surface area contributed by atoms with Crippen LogP contribution in [-0.4, -0.2) is 47.0 Å². The molecule has 0 radical (unpaired) electrons. The fourth-order valence-corrected chi connectivity index (χ4v) is 2.02. The Morgan fingerprint density at radius 3 is 2.29 bits per heavy atom. The Morgan fingerprint density at radius 1 is 1.06 bits per heavy atom. The predicted octanol–water partition coefficient (Wildman–Crippen LogP) is -0.187. The topological polar surface area (TPSA) is 79.2 Å². The summed E-state index contributed by atoms with van der Waals surface area (Å²) in [4.78, 5) is 0. The van der Waals surface area contributed by atoms with E-state index in [1.807, 2.05) is 30.3 Å². The summed E-state index contributed by atoms with van der Waals surface area (Å²) < 4.78 is 10.4. The van der Waals surface area contributed by atoms with E-state index in [4.69, 9.17) is 9.47 Å². The minimum absolute atomic E-state index is 0.602. The third kappa shape index (κ3) is 2.34. The van der Waals surface area contributed by atoms with E-state index in [1.165, 1.54) is 7.11 Å². The van der Waals surface area contributed by atoms with E-state index >= 15 is 0 Å². The van der Waals surface area contributed by atoms with Gasteiger partial charge in [0.25, 0.3) is 0 Å². The molecular weight excluding hydrogens is 224 g/mol. The van der Waals surface area contributed by atoms with Crippen LogP contribution in [0.25, 0.3) is 0 Å². The van der Waals surface area contributed by atoms with Crippen LogP contribution in [0.3, 0.4) is 0 Å². The molecule has 1 heterocycles. The lowest BCUT2D eigenvalue weighted by Crippen LogP contribution is -2.54. The summed E-state index contributed by atoms with van der Waals surface area (Å²) in [5.41, 5.74) is 0.782. The number of rotatable bonds is 2. The van der Waals surface area contributed by atoms with Crippen molar-refractivity contribution in [1.29, 1.82) is 0 Å².